The molecule has 1 heterocycles. The van der Waals surface area contributed by atoms with Crippen molar-refractivity contribution in [2.75, 3.05) is 6.61 Å². The molecule has 0 aromatic heterocycles. The van der Waals surface area contributed by atoms with Crippen LogP contribution in [0.3, 0.4) is 0 Å². The van der Waals surface area contributed by atoms with Crippen LogP contribution in [-0.4, -0.2) is 29.2 Å². The Morgan fingerprint density at radius 2 is 2.10 bits per heavy atom. The highest BCUT2D eigenvalue weighted by atomic mass is 35.5. The SMILES string of the molecule is Cc1ccc2c(c1)OCC(C(C(Cl)C(=O)O)C(F)(F)F)=C2. The Labute approximate surface area is 124 Å². The lowest BCUT2D eigenvalue weighted by molar-refractivity contribution is -0.173. The van der Waals surface area contributed by atoms with Crippen LogP contribution >= 0.6 is 11.6 Å². The predicted octanol–water partition coefficient (Wildman–Crippen LogP) is 3.64. The molecule has 0 saturated carbocycles. The molecule has 1 aromatic carbocycles. The molecule has 1 aliphatic heterocycles. The summed E-state index contributed by atoms with van der Waals surface area (Å²) >= 11 is 5.44. The van der Waals surface area contributed by atoms with Crippen LogP contribution in [-0.2, 0) is 4.79 Å². The van der Waals surface area contributed by atoms with Crippen LogP contribution in [0.1, 0.15) is 11.1 Å². The molecule has 0 radical (unpaired) electrons. The average molecular weight is 321 g/mol. The van der Waals surface area contributed by atoms with E-state index in [2.05, 4.69) is 0 Å². The van der Waals surface area contributed by atoms with Gasteiger partial charge in [-0.2, -0.15) is 13.2 Å². The van der Waals surface area contributed by atoms with Gasteiger partial charge in [0.25, 0.3) is 0 Å². The highest BCUT2D eigenvalue weighted by Gasteiger charge is 2.49. The maximum absolute atomic E-state index is 13.1. The van der Waals surface area contributed by atoms with Crippen molar-refractivity contribution in [1.29, 1.82) is 0 Å². The van der Waals surface area contributed by atoms with Crippen molar-refractivity contribution in [3.8, 4) is 5.75 Å². The van der Waals surface area contributed by atoms with E-state index in [1.54, 1.807) is 18.2 Å². The maximum Gasteiger partial charge on any atom is 0.397 e. The zero-order valence-electron chi connectivity index (χ0n) is 10.9. The molecule has 0 bridgehead atoms. The fourth-order valence-electron chi connectivity index (χ4n) is 2.17. The lowest BCUT2D eigenvalue weighted by Crippen LogP contribution is -2.39. The fourth-order valence-corrected chi connectivity index (χ4v) is 2.48. The van der Waals surface area contributed by atoms with Gasteiger partial charge in [0.1, 0.15) is 23.7 Å². The maximum atomic E-state index is 13.1. The van der Waals surface area contributed by atoms with Gasteiger partial charge in [0.05, 0.1) is 0 Å². The average Bonchev–Trinajstić information content (AvgIpc) is 2.37. The lowest BCUT2D eigenvalue weighted by Gasteiger charge is -2.28. The molecule has 114 valence electrons. The normalized spacial score (nSPS) is 17.3. The van der Waals surface area contributed by atoms with Crippen LogP contribution in [0.15, 0.2) is 23.8 Å². The number of carbonyl (C=O) groups is 1. The van der Waals surface area contributed by atoms with Gasteiger partial charge in [0, 0.05) is 5.56 Å². The molecule has 0 fully saturated rings. The van der Waals surface area contributed by atoms with Crippen molar-refractivity contribution in [3.05, 3.63) is 34.9 Å². The topological polar surface area (TPSA) is 46.5 Å². The number of carboxylic acids is 1. The third-order valence-electron chi connectivity index (χ3n) is 3.18. The lowest BCUT2D eigenvalue weighted by atomic mass is 9.91. The van der Waals surface area contributed by atoms with Gasteiger partial charge >= 0.3 is 12.1 Å². The molecule has 0 saturated heterocycles. The van der Waals surface area contributed by atoms with Gasteiger partial charge in [-0.05, 0) is 30.2 Å². The van der Waals surface area contributed by atoms with E-state index in [0.29, 0.717) is 11.3 Å². The molecule has 1 N–H and O–H groups in total. The monoisotopic (exact) mass is 320 g/mol. The zero-order valence-corrected chi connectivity index (χ0v) is 11.7. The number of aliphatic carboxylic acids is 1. The van der Waals surface area contributed by atoms with Gasteiger partial charge in [-0.25, -0.2) is 0 Å². The highest BCUT2D eigenvalue weighted by Crippen LogP contribution is 2.40. The molecular weight excluding hydrogens is 309 g/mol. The first-order valence-corrected chi connectivity index (χ1v) is 6.51. The zero-order chi connectivity index (χ0) is 15.8. The first-order valence-electron chi connectivity index (χ1n) is 6.07. The van der Waals surface area contributed by atoms with Crippen LogP contribution < -0.4 is 4.74 Å². The third-order valence-corrected chi connectivity index (χ3v) is 3.62. The second-order valence-corrected chi connectivity index (χ2v) is 5.28. The quantitative estimate of drug-likeness (QED) is 0.865. The Kier molecular flexibility index (Phi) is 4.18. The minimum Gasteiger partial charge on any atom is -0.489 e. The molecule has 2 rings (SSSR count). The second kappa shape index (κ2) is 5.60. The van der Waals surface area contributed by atoms with E-state index < -0.39 is 23.4 Å². The molecule has 1 aliphatic rings. The third kappa shape index (κ3) is 3.32. The molecule has 0 amide bonds. The summed E-state index contributed by atoms with van der Waals surface area (Å²) in [6.45, 7) is 1.50. The van der Waals surface area contributed by atoms with E-state index in [4.69, 9.17) is 21.4 Å². The van der Waals surface area contributed by atoms with Crippen LogP contribution in [0.25, 0.3) is 6.08 Å². The molecular formula is C14H12ClF3O3. The number of hydrogen-bond donors (Lipinski definition) is 1. The van der Waals surface area contributed by atoms with Gasteiger partial charge < -0.3 is 9.84 Å². The Morgan fingerprint density at radius 1 is 1.43 bits per heavy atom. The first-order chi connectivity index (χ1) is 9.70. The van der Waals surface area contributed by atoms with Crippen LogP contribution in [0, 0.1) is 12.8 Å². The van der Waals surface area contributed by atoms with Crippen molar-refractivity contribution in [2.45, 2.75) is 18.5 Å². The molecule has 0 spiro atoms. The van der Waals surface area contributed by atoms with Gasteiger partial charge in [-0.3, -0.25) is 4.79 Å². The summed E-state index contributed by atoms with van der Waals surface area (Å²) in [5.41, 5.74) is 1.20. The van der Waals surface area contributed by atoms with Crippen LogP contribution in [0.4, 0.5) is 13.2 Å². The number of rotatable bonds is 3. The Balaban J connectivity index is 2.43. The molecule has 2 atom stereocenters. The second-order valence-electron chi connectivity index (χ2n) is 4.81. The molecule has 3 nitrogen and oxygen atoms in total. The fraction of sp³-hybridized carbons (Fsp3) is 0.357. The summed E-state index contributed by atoms with van der Waals surface area (Å²) in [5, 5.41) is 6.69. The predicted molar refractivity (Wildman–Crippen MR) is 71.5 cm³/mol. The highest BCUT2D eigenvalue weighted by molar-refractivity contribution is 6.30. The number of halogens is 4. The number of carboxylic acid groups (broad SMARTS) is 1. The van der Waals surface area contributed by atoms with Gasteiger partial charge in [0.15, 0.2) is 0 Å². The van der Waals surface area contributed by atoms with Gasteiger partial charge in [0.2, 0.25) is 0 Å². The molecule has 1 aromatic rings. The van der Waals surface area contributed by atoms with Crippen molar-refractivity contribution < 1.29 is 27.8 Å². The van der Waals surface area contributed by atoms with E-state index in [1.165, 1.54) is 6.08 Å². The summed E-state index contributed by atoms with van der Waals surface area (Å²) in [6, 6.07) is 5.07. The molecule has 2 unspecified atom stereocenters. The smallest absolute Gasteiger partial charge is 0.397 e. The summed E-state index contributed by atoms with van der Waals surface area (Å²) in [5.74, 6) is -3.53. The van der Waals surface area contributed by atoms with E-state index in [-0.39, 0.29) is 12.2 Å². The standard InChI is InChI=1S/C14H12ClF3O3/c1-7-2-3-8-5-9(6-21-10(8)4-7)11(14(16,17)18)12(15)13(19)20/h2-5,11-12H,6H2,1H3,(H,19,20). The van der Waals surface area contributed by atoms with E-state index in [1.807, 2.05) is 6.92 Å². The minimum atomic E-state index is -4.76. The summed E-state index contributed by atoms with van der Waals surface area (Å²) in [6.07, 6.45) is -3.46. The molecule has 0 aliphatic carbocycles. The number of fused-ring (bicyclic) bond motifs is 1. The number of alkyl halides is 4. The summed E-state index contributed by atoms with van der Waals surface area (Å²) < 4.78 is 44.6. The van der Waals surface area contributed by atoms with E-state index in [9.17, 15) is 18.0 Å². The van der Waals surface area contributed by atoms with Gasteiger partial charge in [-0.15, -0.1) is 11.6 Å². The number of hydrogen-bond acceptors (Lipinski definition) is 2. The van der Waals surface area contributed by atoms with Crippen molar-refractivity contribution >= 4 is 23.6 Å². The largest absolute Gasteiger partial charge is 0.489 e. The van der Waals surface area contributed by atoms with E-state index >= 15 is 0 Å². The van der Waals surface area contributed by atoms with Crippen molar-refractivity contribution in [2.24, 2.45) is 5.92 Å². The van der Waals surface area contributed by atoms with Crippen molar-refractivity contribution in [3.63, 3.8) is 0 Å². The molecule has 21 heavy (non-hydrogen) atoms. The number of ether oxygens (including phenoxy) is 1. The van der Waals surface area contributed by atoms with E-state index in [0.717, 1.165) is 5.56 Å². The Hall–Kier alpha value is -1.69. The van der Waals surface area contributed by atoms with Crippen molar-refractivity contribution in [1.82, 2.24) is 0 Å². The Bertz CT molecular complexity index is 596. The Morgan fingerprint density at radius 3 is 2.67 bits per heavy atom. The first kappa shape index (κ1) is 15.7. The summed E-state index contributed by atoms with van der Waals surface area (Å²) in [4.78, 5) is 10.8. The number of benzene rings is 1. The minimum absolute atomic E-state index is 0.193. The summed E-state index contributed by atoms with van der Waals surface area (Å²) in [7, 11) is 0. The van der Waals surface area contributed by atoms with Gasteiger partial charge in [-0.1, -0.05) is 12.1 Å². The van der Waals surface area contributed by atoms with Crippen LogP contribution in [0.2, 0.25) is 0 Å². The number of aryl methyl sites for hydroxylation is 1. The molecule has 7 heteroatoms. The van der Waals surface area contributed by atoms with Crippen LogP contribution in [0.5, 0.6) is 5.75 Å².